The summed E-state index contributed by atoms with van der Waals surface area (Å²) in [6.45, 7) is 15.1. The van der Waals surface area contributed by atoms with Crippen LogP contribution in [-0.4, -0.2) is 88.3 Å². The third-order valence-corrected chi connectivity index (χ3v) is 9.07. The van der Waals surface area contributed by atoms with Gasteiger partial charge in [0.1, 0.15) is 5.54 Å². The number of urea groups is 1. The lowest BCUT2D eigenvalue weighted by Gasteiger charge is -2.44. The lowest BCUT2D eigenvalue weighted by atomic mass is 9.83. The molecule has 1 aromatic carbocycles. The van der Waals surface area contributed by atoms with E-state index in [9.17, 15) is 14.4 Å². The number of carbonyl (C=O) groups is 3. The zero-order valence-corrected chi connectivity index (χ0v) is 24.0. The molecule has 4 aliphatic rings. The maximum atomic E-state index is 13.7. The number of rotatable bonds is 7. The van der Waals surface area contributed by atoms with Gasteiger partial charge in [0, 0.05) is 57.6 Å². The van der Waals surface area contributed by atoms with Gasteiger partial charge in [-0.1, -0.05) is 51.1 Å². The Balaban J connectivity index is 1.28. The second-order valence-corrected chi connectivity index (χ2v) is 13.8. The van der Waals surface area contributed by atoms with Crippen molar-refractivity contribution in [3.8, 4) is 0 Å². The van der Waals surface area contributed by atoms with Gasteiger partial charge in [0.25, 0.3) is 5.91 Å². The van der Waals surface area contributed by atoms with Crippen LogP contribution in [0.5, 0.6) is 0 Å². The Kier molecular flexibility index (Phi) is 7.36. The molecule has 0 radical (unpaired) electrons. The van der Waals surface area contributed by atoms with Gasteiger partial charge in [0.2, 0.25) is 5.91 Å². The minimum absolute atomic E-state index is 0.00174. The second-order valence-electron chi connectivity index (χ2n) is 13.8. The Bertz CT molecular complexity index is 1040. The molecule has 4 fully saturated rings. The molecule has 2 unspecified atom stereocenters. The van der Waals surface area contributed by atoms with Crippen molar-refractivity contribution < 1.29 is 14.4 Å². The van der Waals surface area contributed by atoms with Gasteiger partial charge in [-0.3, -0.25) is 14.5 Å². The average molecular weight is 523 g/mol. The van der Waals surface area contributed by atoms with E-state index in [0.717, 1.165) is 45.6 Å². The summed E-state index contributed by atoms with van der Waals surface area (Å²) in [5, 5.41) is 0. The number of hydrogen-bond donors (Lipinski definition) is 0. The summed E-state index contributed by atoms with van der Waals surface area (Å²) in [4.78, 5) is 48.2. The van der Waals surface area contributed by atoms with Crippen molar-refractivity contribution in [2.45, 2.75) is 84.2 Å². The fraction of sp³-hybridized carbons (Fsp3) is 0.710. The maximum absolute atomic E-state index is 13.7. The monoisotopic (exact) mass is 522 g/mol. The highest BCUT2D eigenvalue weighted by Gasteiger charge is 2.59. The minimum atomic E-state index is -0.695. The summed E-state index contributed by atoms with van der Waals surface area (Å²) in [6.07, 6.45) is 4.18. The van der Waals surface area contributed by atoms with Crippen LogP contribution in [0, 0.1) is 17.3 Å². The smallest absolute Gasteiger partial charge is 0.327 e. The molecule has 5 rings (SSSR count). The molecule has 1 aromatic rings. The third kappa shape index (κ3) is 5.36. The Hall–Kier alpha value is -2.41. The summed E-state index contributed by atoms with van der Waals surface area (Å²) in [7, 11) is 0. The van der Waals surface area contributed by atoms with Crippen molar-refractivity contribution in [2.24, 2.45) is 17.3 Å². The number of likely N-dealkylation sites (tertiary alicyclic amines) is 2. The standard InChI is InChI=1S/C31H46N4O3/c1-22(2)35-29(38)34(18-23-11-12-23)28(37)31(35)13-15-32(16-14-31)19-25-20-33(27(36)17-30(3,4)5)21-26(25)24-9-7-6-8-10-24/h6-10,22-23,25-26H,11-21H2,1-5H3. The molecule has 38 heavy (non-hydrogen) atoms. The molecule has 7 nitrogen and oxygen atoms in total. The number of imide groups is 1. The van der Waals surface area contributed by atoms with Crippen LogP contribution in [0.4, 0.5) is 4.79 Å². The normalized spacial score (nSPS) is 26.3. The van der Waals surface area contributed by atoms with Gasteiger partial charge in [-0.05, 0) is 62.3 Å². The molecule has 1 spiro atoms. The fourth-order valence-corrected chi connectivity index (χ4v) is 6.98. The largest absolute Gasteiger partial charge is 0.342 e. The van der Waals surface area contributed by atoms with Crippen molar-refractivity contribution >= 4 is 17.8 Å². The van der Waals surface area contributed by atoms with Crippen LogP contribution in [0.3, 0.4) is 0 Å². The van der Waals surface area contributed by atoms with Crippen LogP contribution < -0.4 is 0 Å². The van der Waals surface area contributed by atoms with Gasteiger partial charge >= 0.3 is 6.03 Å². The molecular weight excluding hydrogens is 476 g/mol. The first kappa shape index (κ1) is 27.2. The van der Waals surface area contributed by atoms with E-state index >= 15 is 0 Å². The molecule has 0 bridgehead atoms. The van der Waals surface area contributed by atoms with Crippen LogP contribution in [-0.2, 0) is 9.59 Å². The van der Waals surface area contributed by atoms with Crippen molar-refractivity contribution in [1.29, 1.82) is 0 Å². The molecule has 4 amide bonds. The highest BCUT2D eigenvalue weighted by molar-refractivity contribution is 6.07. The predicted molar refractivity (Wildman–Crippen MR) is 149 cm³/mol. The SMILES string of the molecule is CC(C)N1C(=O)N(CC2CC2)C(=O)C12CCN(CC1CN(C(=O)CC(C)(C)C)CC1c1ccccc1)CC2. The average Bonchev–Trinajstić information content (AvgIpc) is 3.54. The molecule has 3 aliphatic heterocycles. The highest BCUT2D eigenvalue weighted by Crippen LogP contribution is 2.42. The summed E-state index contributed by atoms with van der Waals surface area (Å²) in [5.74, 6) is 1.44. The van der Waals surface area contributed by atoms with E-state index in [4.69, 9.17) is 0 Å². The van der Waals surface area contributed by atoms with E-state index in [-0.39, 0.29) is 29.3 Å². The second kappa shape index (κ2) is 10.3. The zero-order valence-electron chi connectivity index (χ0n) is 24.0. The highest BCUT2D eigenvalue weighted by atomic mass is 16.2. The number of nitrogens with zero attached hydrogens (tertiary/aromatic N) is 4. The van der Waals surface area contributed by atoms with Gasteiger partial charge < -0.3 is 14.7 Å². The molecular formula is C31H46N4O3. The molecule has 1 aliphatic carbocycles. The Morgan fingerprint density at radius 3 is 2.24 bits per heavy atom. The fourth-order valence-electron chi connectivity index (χ4n) is 6.98. The van der Waals surface area contributed by atoms with E-state index in [0.29, 0.717) is 43.6 Å². The topological polar surface area (TPSA) is 64.2 Å². The first-order valence-electron chi connectivity index (χ1n) is 14.7. The summed E-state index contributed by atoms with van der Waals surface area (Å²) < 4.78 is 0. The first-order chi connectivity index (χ1) is 18.0. The Morgan fingerprint density at radius 1 is 1.00 bits per heavy atom. The Labute approximate surface area is 228 Å². The van der Waals surface area contributed by atoms with Gasteiger partial charge in [0.05, 0.1) is 0 Å². The predicted octanol–water partition coefficient (Wildman–Crippen LogP) is 4.58. The van der Waals surface area contributed by atoms with Crippen molar-refractivity contribution in [3.05, 3.63) is 35.9 Å². The first-order valence-corrected chi connectivity index (χ1v) is 14.7. The summed E-state index contributed by atoms with van der Waals surface area (Å²) in [6, 6.07) is 10.5. The summed E-state index contributed by atoms with van der Waals surface area (Å²) in [5.41, 5.74) is 0.578. The Morgan fingerprint density at radius 2 is 1.66 bits per heavy atom. The van der Waals surface area contributed by atoms with Crippen LogP contribution >= 0.6 is 0 Å². The molecule has 0 aromatic heterocycles. The van der Waals surface area contributed by atoms with Gasteiger partial charge in [-0.15, -0.1) is 0 Å². The lowest BCUT2D eigenvalue weighted by molar-refractivity contribution is -0.136. The van der Waals surface area contributed by atoms with Crippen LogP contribution in [0.2, 0.25) is 0 Å². The molecule has 0 N–H and O–H groups in total. The summed E-state index contributed by atoms with van der Waals surface area (Å²) >= 11 is 0. The quantitative estimate of drug-likeness (QED) is 0.492. The van der Waals surface area contributed by atoms with E-state index in [1.807, 2.05) is 24.8 Å². The van der Waals surface area contributed by atoms with Crippen LogP contribution in [0.15, 0.2) is 30.3 Å². The van der Waals surface area contributed by atoms with Gasteiger partial charge in [-0.25, -0.2) is 4.79 Å². The zero-order chi connectivity index (χ0) is 27.2. The maximum Gasteiger partial charge on any atom is 0.327 e. The van der Waals surface area contributed by atoms with Gasteiger partial charge in [0.15, 0.2) is 0 Å². The third-order valence-electron chi connectivity index (χ3n) is 9.07. The van der Waals surface area contributed by atoms with Crippen molar-refractivity contribution in [1.82, 2.24) is 19.6 Å². The lowest BCUT2D eigenvalue weighted by Crippen LogP contribution is -2.58. The number of carbonyl (C=O) groups excluding carboxylic acids is 3. The van der Waals surface area contributed by atoms with E-state index in [1.54, 1.807) is 4.90 Å². The minimum Gasteiger partial charge on any atom is -0.342 e. The number of amides is 4. The molecule has 7 heteroatoms. The number of benzene rings is 1. The molecule has 1 saturated carbocycles. The van der Waals surface area contributed by atoms with E-state index < -0.39 is 5.54 Å². The molecule has 3 saturated heterocycles. The van der Waals surface area contributed by atoms with Crippen molar-refractivity contribution in [2.75, 3.05) is 39.3 Å². The van der Waals surface area contributed by atoms with E-state index in [1.165, 1.54) is 5.56 Å². The van der Waals surface area contributed by atoms with Crippen LogP contribution in [0.1, 0.15) is 78.2 Å². The molecule has 3 heterocycles. The van der Waals surface area contributed by atoms with E-state index in [2.05, 4.69) is 54.8 Å². The number of hydrogen-bond acceptors (Lipinski definition) is 4. The van der Waals surface area contributed by atoms with Crippen molar-refractivity contribution in [3.63, 3.8) is 0 Å². The molecule has 2 atom stereocenters. The van der Waals surface area contributed by atoms with Gasteiger partial charge in [-0.2, -0.15) is 0 Å². The van der Waals surface area contributed by atoms with Crippen LogP contribution in [0.25, 0.3) is 0 Å². The molecule has 208 valence electrons. The number of piperidine rings is 1.